The van der Waals surface area contributed by atoms with Crippen LogP contribution >= 0.6 is 15.9 Å². The predicted octanol–water partition coefficient (Wildman–Crippen LogP) is 2.17. The van der Waals surface area contributed by atoms with E-state index >= 15 is 0 Å². The van der Waals surface area contributed by atoms with Crippen molar-refractivity contribution in [2.45, 2.75) is 25.8 Å². The molecule has 17 heavy (non-hydrogen) atoms. The molecule has 5 nitrogen and oxygen atoms in total. The maximum atomic E-state index is 5.84. The summed E-state index contributed by atoms with van der Waals surface area (Å²) in [6.07, 6.45) is 4.90. The Hall–Kier alpha value is -1.27. The standard InChI is InChI=1S/C11H13BrN4O/c1-2-9(13)4-10-15-11(17-16-10)7-3-8(12)6-14-5-7/h3,5-6,9H,2,4,13H2,1H3. The van der Waals surface area contributed by atoms with Crippen molar-refractivity contribution in [3.63, 3.8) is 0 Å². The minimum atomic E-state index is 0.0704. The summed E-state index contributed by atoms with van der Waals surface area (Å²) < 4.78 is 6.05. The molecule has 1 atom stereocenters. The van der Waals surface area contributed by atoms with E-state index in [0.717, 1.165) is 16.5 Å². The Morgan fingerprint density at radius 2 is 2.29 bits per heavy atom. The fraction of sp³-hybridized carbons (Fsp3) is 0.364. The monoisotopic (exact) mass is 296 g/mol. The smallest absolute Gasteiger partial charge is 0.259 e. The van der Waals surface area contributed by atoms with Gasteiger partial charge in [0, 0.05) is 29.3 Å². The van der Waals surface area contributed by atoms with E-state index in [0.29, 0.717) is 18.1 Å². The Morgan fingerprint density at radius 1 is 1.47 bits per heavy atom. The third-order valence-electron chi connectivity index (χ3n) is 2.39. The van der Waals surface area contributed by atoms with Crippen molar-refractivity contribution in [3.05, 3.63) is 28.8 Å². The van der Waals surface area contributed by atoms with Gasteiger partial charge in [-0.3, -0.25) is 4.98 Å². The van der Waals surface area contributed by atoms with Gasteiger partial charge in [-0.15, -0.1) is 0 Å². The van der Waals surface area contributed by atoms with Crippen LogP contribution in [0.4, 0.5) is 0 Å². The van der Waals surface area contributed by atoms with Crippen LogP contribution in [-0.2, 0) is 6.42 Å². The molecule has 2 heterocycles. The number of hydrogen-bond acceptors (Lipinski definition) is 5. The molecule has 1 unspecified atom stereocenters. The van der Waals surface area contributed by atoms with Crippen LogP contribution in [0.5, 0.6) is 0 Å². The van der Waals surface area contributed by atoms with E-state index in [-0.39, 0.29) is 6.04 Å². The first-order valence-electron chi connectivity index (χ1n) is 5.38. The summed E-state index contributed by atoms with van der Waals surface area (Å²) in [5.74, 6) is 1.10. The maximum Gasteiger partial charge on any atom is 0.259 e. The first kappa shape index (κ1) is 12.2. The van der Waals surface area contributed by atoms with Crippen molar-refractivity contribution in [2.75, 3.05) is 0 Å². The third-order valence-corrected chi connectivity index (χ3v) is 2.82. The summed E-state index contributed by atoms with van der Waals surface area (Å²) in [6, 6.07) is 1.95. The minimum Gasteiger partial charge on any atom is -0.334 e. The highest BCUT2D eigenvalue weighted by atomic mass is 79.9. The largest absolute Gasteiger partial charge is 0.334 e. The molecule has 2 aromatic heterocycles. The van der Waals surface area contributed by atoms with Gasteiger partial charge >= 0.3 is 0 Å². The Balaban J connectivity index is 2.18. The fourth-order valence-corrected chi connectivity index (χ4v) is 1.73. The number of rotatable bonds is 4. The Kier molecular flexibility index (Phi) is 3.86. The summed E-state index contributed by atoms with van der Waals surface area (Å²) >= 11 is 3.35. The van der Waals surface area contributed by atoms with Gasteiger partial charge in [-0.05, 0) is 28.4 Å². The zero-order chi connectivity index (χ0) is 12.3. The van der Waals surface area contributed by atoms with Gasteiger partial charge in [0.2, 0.25) is 0 Å². The second-order valence-electron chi connectivity index (χ2n) is 3.78. The Bertz CT molecular complexity index is 500. The van der Waals surface area contributed by atoms with E-state index in [1.54, 1.807) is 12.4 Å². The third kappa shape index (κ3) is 3.10. The molecule has 0 saturated carbocycles. The SMILES string of the molecule is CCC(N)Cc1noc(-c2cncc(Br)c2)n1. The molecular formula is C11H13BrN4O. The average molecular weight is 297 g/mol. The van der Waals surface area contributed by atoms with Crippen LogP contribution in [0.1, 0.15) is 19.2 Å². The molecule has 2 aromatic rings. The lowest BCUT2D eigenvalue weighted by molar-refractivity contribution is 0.419. The highest BCUT2D eigenvalue weighted by molar-refractivity contribution is 9.10. The van der Waals surface area contributed by atoms with Crippen molar-refractivity contribution in [3.8, 4) is 11.5 Å². The minimum absolute atomic E-state index is 0.0704. The van der Waals surface area contributed by atoms with Gasteiger partial charge in [0.05, 0.1) is 5.56 Å². The fourth-order valence-electron chi connectivity index (χ4n) is 1.36. The molecule has 0 aliphatic rings. The van der Waals surface area contributed by atoms with Gasteiger partial charge in [-0.2, -0.15) is 4.98 Å². The van der Waals surface area contributed by atoms with Crippen LogP contribution in [0.2, 0.25) is 0 Å². The van der Waals surface area contributed by atoms with E-state index in [2.05, 4.69) is 31.1 Å². The summed E-state index contributed by atoms with van der Waals surface area (Å²) in [6.45, 7) is 2.03. The molecule has 90 valence electrons. The van der Waals surface area contributed by atoms with E-state index in [1.165, 1.54) is 0 Å². The lowest BCUT2D eigenvalue weighted by Crippen LogP contribution is -2.21. The van der Waals surface area contributed by atoms with Gasteiger partial charge in [0.1, 0.15) is 0 Å². The van der Waals surface area contributed by atoms with E-state index in [1.807, 2.05) is 13.0 Å². The number of aromatic nitrogens is 3. The van der Waals surface area contributed by atoms with Gasteiger partial charge in [0.15, 0.2) is 5.82 Å². The molecule has 0 aromatic carbocycles. The molecule has 0 aliphatic carbocycles. The molecule has 0 fully saturated rings. The van der Waals surface area contributed by atoms with Gasteiger partial charge in [-0.25, -0.2) is 0 Å². The van der Waals surface area contributed by atoms with E-state index in [9.17, 15) is 0 Å². The normalized spacial score (nSPS) is 12.6. The van der Waals surface area contributed by atoms with Crippen LogP contribution in [0.15, 0.2) is 27.5 Å². The molecule has 0 radical (unpaired) electrons. The van der Waals surface area contributed by atoms with Crippen molar-refractivity contribution < 1.29 is 4.52 Å². The quantitative estimate of drug-likeness (QED) is 0.935. The highest BCUT2D eigenvalue weighted by Crippen LogP contribution is 2.20. The first-order valence-corrected chi connectivity index (χ1v) is 6.17. The average Bonchev–Trinajstić information content (AvgIpc) is 2.77. The summed E-state index contributed by atoms with van der Waals surface area (Å²) in [4.78, 5) is 8.34. The van der Waals surface area contributed by atoms with Crippen molar-refractivity contribution >= 4 is 15.9 Å². The van der Waals surface area contributed by atoms with Crippen LogP contribution in [0.3, 0.4) is 0 Å². The number of halogens is 1. The van der Waals surface area contributed by atoms with Crippen molar-refractivity contribution in [1.82, 2.24) is 15.1 Å². The topological polar surface area (TPSA) is 77.8 Å². The molecular weight excluding hydrogens is 284 g/mol. The molecule has 6 heteroatoms. The molecule has 0 amide bonds. The van der Waals surface area contributed by atoms with Crippen LogP contribution in [0, 0.1) is 0 Å². The first-order chi connectivity index (χ1) is 8.19. The Labute approximate surface area is 108 Å². The van der Waals surface area contributed by atoms with Crippen LogP contribution in [-0.4, -0.2) is 21.2 Å². The molecule has 0 bridgehead atoms. The zero-order valence-corrected chi connectivity index (χ0v) is 11.0. The molecule has 2 N–H and O–H groups in total. The van der Waals surface area contributed by atoms with Gasteiger partial charge < -0.3 is 10.3 Å². The lowest BCUT2D eigenvalue weighted by Gasteiger charge is -2.02. The molecule has 0 aliphatic heterocycles. The van der Waals surface area contributed by atoms with Gasteiger partial charge in [0.25, 0.3) is 5.89 Å². The van der Waals surface area contributed by atoms with E-state index < -0.39 is 0 Å². The van der Waals surface area contributed by atoms with Crippen LogP contribution in [0.25, 0.3) is 11.5 Å². The zero-order valence-electron chi connectivity index (χ0n) is 9.43. The highest BCUT2D eigenvalue weighted by Gasteiger charge is 2.11. The number of nitrogens with zero attached hydrogens (tertiary/aromatic N) is 3. The molecule has 2 rings (SSSR count). The lowest BCUT2D eigenvalue weighted by atomic mass is 10.2. The van der Waals surface area contributed by atoms with Crippen molar-refractivity contribution in [1.29, 1.82) is 0 Å². The second-order valence-corrected chi connectivity index (χ2v) is 4.70. The molecule has 0 spiro atoms. The summed E-state index contributed by atoms with van der Waals surface area (Å²) in [5, 5.41) is 3.90. The number of nitrogens with two attached hydrogens (primary N) is 1. The number of pyridine rings is 1. The van der Waals surface area contributed by atoms with Gasteiger partial charge in [-0.1, -0.05) is 12.1 Å². The second kappa shape index (κ2) is 5.37. The maximum absolute atomic E-state index is 5.84. The number of hydrogen-bond donors (Lipinski definition) is 1. The Morgan fingerprint density at radius 3 is 3.00 bits per heavy atom. The molecule has 0 saturated heterocycles. The van der Waals surface area contributed by atoms with E-state index in [4.69, 9.17) is 10.3 Å². The van der Waals surface area contributed by atoms with Crippen molar-refractivity contribution in [2.24, 2.45) is 5.73 Å². The summed E-state index contributed by atoms with van der Waals surface area (Å²) in [5.41, 5.74) is 6.63. The summed E-state index contributed by atoms with van der Waals surface area (Å²) in [7, 11) is 0. The predicted molar refractivity (Wildman–Crippen MR) is 67.2 cm³/mol. The van der Waals surface area contributed by atoms with Crippen LogP contribution < -0.4 is 5.73 Å².